The molecule has 1 saturated heterocycles. The van der Waals surface area contributed by atoms with Crippen LogP contribution in [0.4, 0.5) is 5.95 Å². The zero-order chi connectivity index (χ0) is 12.4. The van der Waals surface area contributed by atoms with E-state index in [2.05, 4.69) is 19.9 Å². The van der Waals surface area contributed by atoms with E-state index in [-0.39, 0.29) is 30.1 Å². The smallest absolute Gasteiger partial charge is 0.313 e. The van der Waals surface area contributed by atoms with Gasteiger partial charge < -0.3 is 4.74 Å². The highest BCUT2D eigenvalue weighted by atomic mass is 35.5. The Morgan fingerprint density at radius 1 is 1.71 bits per heavy atom. The number of nitrogens with one attached hydrogen (secondary N) is 1. The molecule has 0 aliphatic carbocycles. The summed E-state index contributed by atoms with van der Waals surface area (Å²) in [6.07, 6.45) is 0.276. The predicted molar refractivity (Wildman–Crippen MR) is 58.7 cm³/mol. The lowest BCUT2D eigenvalue weighted by Gasteiger charge is -2.09. The maximum atomic E-state index is 11.5. The van der Waals surface area contributed by atoms with Crippen molar-refractivity contribution in [2.45, 2.75) is 18.2 Å². The highest BCUT2D eigenvalue weighted by molar-refractivity contribution is 6.24. The second-order valence-electron chi connectivity index (χ2n) is 3.64. The highest BCUT2D eigenvalue weighted by Crippen LogP contribution is 2.20. The molecule has 1 unspecified atom stereocenters. The van der Waals surface area contributed by atoms with Gasteiger partial charge in [-0.25, -0.2) is 0 Å². The van der Waals surface area contributed by atoms with Gasteiger partial charge in [0.15, 0.2) is 0 Å². The summed E-state index contributed by atoms with van der Waals surface area (Å²) in [5, 5.41) is 6.24. The summed E-state index contributed by atoms with van der Waals surface area (Å²) in [4.78, 5) is 28.0. The molecule has 0 radical (unpaired) electrons. The molecule has 0 aromatic carbocycles. The Morgan fingerprint density at radius 2 is 2.47 bits per heavy atom. The van der Waals surface area contributed by atoms with Gasteiger partial charge in [-0.2, -0.15) is 4.98 Å². The number of hydrogen-bond donors (Lipinski definition) is 1. The molecule has 92 valence electrons. The van der Waals surface area contributed by atoms with E-state index in [0.717, 1.165) is 0 Å². The average molecular weight is 259 g/mol. The summed E-state index contributed by atoms with van der Waals surface area (Å²) in [6, 6.07) is 0. The number of halogens is 1. The molecule has 1 aliphatic rings. The van der Waals surface area contributed by atoms with Crippen molar-refractivity contribution in [1.82, 2.24) is 15.2 Å². The molecule has 1 fully saturated rings. The third-order valence-electron chi connectivity index (χ3n) is 2.38. The molecule has 1 amide bonds. The maximum Gasteiger partial charge on any atom is 0.313 e. The normalized spacial score (nSPS) is 19.8. The van der Waals surface area contributed by atoms with E-state index >= 15 is 0 Å². The Kier molecular flexibility index (Phi) is 3.28. The Bertz CT molecular complexity index is 447. The third-order valence-corrected chi connectivity index (χ3v) is 2.67. The highest BCUT2D eigenvalue weighted by Gasteiger charge is 2.31. The van der Waals surface area contributed by atoms with E-state index in [1.807, 2.05) is 0 Å². The first-order chi connectivity index (χ1) is 8.10. The number of methoxy groups -OCH3 is 1. The molecule has 1 aromatic rings. The zero-order valence-electron chi connectivity index (χ0n) is 9.14. The van der Waals surface area contributed by atoms with E-state index in [1.165, 1.54) is 12.0 Å². The van der Waals surface area contributed by atoms with Crippen molar-refractivity contribution < 1.29 is 14.3 Å². The number of H-pyrrole nitrogens is 1. The number of carbonyl (C=O) groups is 2. The van der Waals surface area contributed by atoms with Gasteiger partial charge in [0.05, 0.1) is 12.5 Å². The molecule has 2 rings (SSSR count). The molecule has 1 N–H and O–H groups in total. The van der Waals surface area contributed by atoms with Gasteiger partial charge in [0.25, 0.3) is 5.95 Å². The van der Waals surface area contributed by atoms with E-state index < -0.39 is 5.97 Å². The minimum Gasteiger partial charge on any atom is -0.469 e. The van der Waals surface area contributed by atoms with Crippen LogP contribution in [-0.2, 0) is 20.7 Å². The van der Waals surface area contributed by atoms with Crippen molar-refractivity contribution in [2.24, 2.45) is 0 Å². The lowest BCUT2D eigenvalue weighted by Crippen LogP contribution is -2.25. The van der Waals surface area contributed by atoms with Gasteiger partial charge in [0.1, 0.15) is 12.2 Å². The van der Waals surface area contributed by atoms with Gasteiger partial charge in [-0.1, -0.05) is 0 Å². The van der Waals surface area contributed by atoms with Crippen LogP contribution in [0.3, 0.4) is 0 Å². The van der Waals surface area contributed by atoms with Gasteiger partial charge in [-0.3, -0.25) is 19.6 Å². The van der Waals surface area contributed by atoms with Gasteiger partial charge in [-0.05, 0) is 0 Å². The number of alkyl halides is 1. The summed E-state index contributed by atoms with van der Waals surface area (Å²) in [5.74, 6) is 0.0685. The minimum atomic E-state index is -0.421. The van der Waals surface area contributed by atoms with Crippen molar-refractivity contribution in [1.29, 1.82) is 0 Å². The number of esters is 1. The fourth-order valence-corrected chi connectivity index (χ4v) is 1.82. The number of aromatic nitrogens is 3. The topological polar surface area (TPSA) is 88.2 Å². The molecular weight excluding hydrogens is 248 g/mol. The maximum absolute atomic E-state index is 11.5. The molecule has 1 aliphatic heterocycles. The van der Waals surface area contributed by atoms with Crippen LogP contribution < -0.4 is 4.90 Å². The van der Waals surface area contributed by atoms with E-state index in [1.54, 1.807) is 0 Å². The van der Waals surface area contributed by atoms with Crippen LogP contribution in [0.25, 0.3) is 0 Å². The molecular formula is C9H11ClN4O3. The fourth-order valence-electron chi connectivity index (χ4n) is 1.55. The Labute approximate surface area is 102 Å². The summed E-state index contributed by atoms with van der Waals surface area (Å²) in [6.45, 7) is 0.385. The molecule has 2 heterocycles. The molecule has 0 saturated carbocycles. The van der Waals surface area contributed by atoms with E-state index in [9.17, 15) is 9.59 Å². The number of aromatic amines is 1. The summed E-state index contributed by atoms with van der Waals surface area (Å²) >= 11 is 5.86. The van der Waals surface area contributed by atoms with Crippen LogP contribution in [0, 0.1) is 0 Å². The van der Waals surface area contributed by atoms with Crippen molar-refractivity contribution in [2.75, 3.05) is 18.6 Å². The zero-order valence-corrected chi connectivity index (χ0v) is 9.90. The van der Waals surface area contributed by atoms with Crippen molar-refractivity contribution in [3.05, 3.63) is 5.82 Å². The Hall–Kier alpha value is -1.63. The number of hydrogen-bond acceptors (Lipinski definition) is 5. The van der Waals surface area contributed by atoms with Crippen LogP contribution in [0.15, 0.2) is 0 Å². The second kappa shape index (κ2) is 4.70. The van der Waals surface area contributed by atoms with Crippen LogP contribution in [0.2, 0.25) is 0 Å². The van der Waals surface area contributed by atoms with E-state index in [4.69, 9.17) is 11.6 Å². The Morgan fingerprint density at radius 3 is 3.06 bits per heavy atom. The van der Waals surface area contributed by atoms with E-state index in [0.29, 0.717) is 12.4 Å². The standard InChI is InChI=1S/C9H11ClN4O3/c1-17-8(16)3-6-11-9(13-12-6)14-4-5(10)2-7(14)15/h5H,2-4H2,1H3,(H,11,12,13). The van der Waals surface area contributed by atoms with Crippen LogP contribution in [0.1, 0.15) is 12.2 Å². The molecule has 7 nitrogen and oxygen atoms in total. The van der Waals surface area contributed by atoms with Crippen LogP contribution in [-0.4, -0.2) is 46.1 Å². The fraction of sp³-hybridized carbons (Fsp3) is 0.556. The monoisotopic (exact) mass is 258 g/mol. The van der Waals surface area contributed by atoms with Gasteiger partial charge in [-0.15, -0.1) is 16.7 Å². The predicted octanol–water partition coefficient (Wildman–Crippen LogP) is -0.136. The van der Waals surface area contributed by atoms with Crippen molar-refractivity contribution in [3.8, 4) is 0 Å². The van der Waals surface area contributed by atoms with Crippen LogP contribution in [0.5, 0.6) is 0 Å². The second-order valence-corrected chi connectivity index (χ2v) is 4.26. The minimum absolute atomic E-state index is 0.00413. The number of rotatable bonds is 3. The summed E-state index contributed by atoms with van der Waals surface area (Å²) in [7, 11) is 1.29. The summed E-state index contributed by atoms with van der Waals surface area (Å²) in [5.41, 5.74) is 0. The Balaban J connectivity index is 2.08. The average Bonchev–Trinajstić information content (AvgIpc) is 2.85. The number of amides is 1. The van der Waals surface area contributed by atoms with Crippen LogP contribution >= 0.6 is 11.6 Å². The number of anilines is 1. The lowest BCUT2D eigenvalue weighted by molar-refractivity contribution is -0.139. The van der Waals surface area contributed by atoms with Gasteiger partial charge in [0, 0.05) is 13.0 Å². The molecule has 0 bridgehead atoms. The third kappa shape index (κ3) is 2.55. The van der Waals surface area contributed by atoms with Crippen molar-refractivity contribution in [3.63, 3.8) is 0 Å². The number of nitrogens with zero attached hydrogens (tertiary/aromatic N) is 3. The largest absolute Gasteiger partial charge is 0.469 e. The van der Waals surface area contributed by atoms with Gasteiger partial charge >= 0.3 is 5.97 Å². The molecule has 17 heavy (non-hydrogen) atoms. The molecule has 8 heteroatoms. The quantitative estimate of drug-likeness (QED) is 0.602. The number of ether oxygens (including phenoxy) is 1. The summed E-state index contributed by atoms with van der Waals surface area (Å²) < 4.78 is 4.50. The SMILES string of the molecule is COC(=O)Cc1nc(N2CC(Cl)CC2=O)n[nH]1. The van der Waals surface area contributed by atoms with Gasteiger partial charge in [0.2, 0.25) is 5.91 Å². The first kappa shape index (κ1) is 11.8. The first-order valence-electron chi connectivity index (χ1n) is 5.02. The lowest BCUT2D eigenvalue weighted by atomic mass is 10.4. The molecule has 0 spiro atoms. The first-order valence-corrected chi connectivity index (χ1v) is 5.46. The van der Waals surface area contributed by atoms with Crippen molar-refractivity contribution >= 4 is 29.4 Å². The molecule has 1 aromatic heterocycles. The molecule has 1 atom stereocenters. The number of carbonyl (C=O) groups excluding carboxylic acids is 2.